The maximum Gasteiger partial charge on any atom is 0.212 e. The summed E-state index contributed by atoms with van der Waals surface area (Å²) in [6.07, 6.45) is 5.13. The van der Waals surface area contributed by atoms with Gasteiger partial charge >= 0.3 is 0 Å². The van der Waals surface area contributed by atoms with Crippen LogP contribution in [0.1, 0.15) is 25.7 Å². The zero-order valence-electron chi connectivity index (χ0n) is 13.2. The predicted octanol–water partition coefficient (Wildman–Crippen LogP) is -0.315. The van der Waals surface area contributed by atoms with Gasteiger partial charge < -0.3 is 10.2 Å². The fourth-order valence-electron chi connectivity index (χ4n) is 3.16. The molecule has 2 aliphatic rings. The molecule has 0 aromatic rings. The van der Waals surface area contributed by atoms with Crippen molar-refractivity contribution in [3.8, 4) is 0 Å². The van der Waals surface area contributed by atoms with Crippen molar-refractivity contribution in [2.75, 3.05) is 58.6 Å². The van der Waals surface area contributed by atoms with Crippen LogP contribution in [0.15, 0.2) is 0 Å². The van der Waals surface area contributed by atoms with Crippen LogP contribution in [0.3, 0.4) is 0 Å². The highest BCUT2D eigenvalue weighted by molar-refractivity contribution is 7.89. The van der Waals surface area contributed by atoms with E-state index in [2.05, 4.69) is 26.9 Å². The molecular weight excluding hydrogens is 288 g/mol. The number of rotatable bonds is 8. The molecule has 0 aromatic heterocycles. The molecule has 1 heterocycles. The van der Waals surface area contributed by atoms with E-state index in [1.807, 2.05) is 0 Å². The highest BCUT2D eigenvalue weighted by atomic mass is 32.2. The second-order valence-corrected chi connectivity index (χ2v) is 8.15. The Morgan fingerprint density at radius 1 is 1.24 bits per heavy atom. The van der Waals surface area contributed by atoms with Crippen molar-refractivity contribution in [1.82, 2.24) is 19.8 Å². The monoisotopic (exact) mass is 318 g/mol. The van der Waals surface area contributed by atoms with Crippen molar-refractivity contribution in [2.24, 2.45) is 0 Å². The Bertz CT molecular complexity index is 390. The van der Waals surface area contributed by atoms with Crippen molar-refractivity contribution in [1.29, 1.82) is 0 Å². The number of nitrogens with one attached hydrogen (secondary N) is 2. The van der Waals surface area contributed by atoms with E-state index < -0.39 is 10.0 Å². The molecule has 2 N–H and O–H groups in total. The fraction of sp³-hybridized carbons (Fsp3) is 1.00. The molecule has 0 atom stereocenters. The van der Waals surface area contributed by atoms with E-state index in [0.717, 1.165) is 32.7 Å². The molecular formula is C14H30N4O2S. The lowest BCUT2D eigenvalue weighted by Gasteiger charge is -2.27. The van der Waals surface area contributed by atoms with Crippen LogP contribution in [-0.2, 0) is 10.0 Å². The molecule has 2 rings (SSSR count). The van der Waals surface area contributed by atoms with E-state index >= 15 is 0 Å². The summed E-state index contributed by atoms with van der Waals surface area (Å²) in [6.45, 7) is 5.77. The normalized spacial score (nSPS) is 22.2. The topological polar surface area (TPSA) is 64.7 Å². The van der Waals surface area contributed by atoms with Crippen LogP contribution >= 0.6 is 0 Å². The molecule has 7 heteroatoms. The first-order valence-corrected chi connectivity index (χ1v) is 9.83. The van der Waals surface area contributed by atoms with Crippen LogP contribution in [0, 0.1) is 0 Å². The van der Waals surface area contributed by atoms with Gasteiger partial charge in [-0.2, -0.15) is 0 Å². The summed E-state index contributed by atoms with van der Waals surface area (Å²) in [5, 5.41) is 3.27. The Hall–Kier alpha value is -0.210. The van der Waals surface area contributed by atoms with Crippen LogP contribution in [0.2, 0.25) is 0 Å². The lowest BCUT2D eigenvalue weighted by atomic mass is 10.2. The first-order valence-electron chi connectivity index (χ1n) is 8.17. The molecule has 1 aliphatic carbocycles. The highest BCUT2D eigenvalue weighted by Gasteiger charge is 2.20. The van der Waals surface area contributed by atoms with Gasteiger partial charge in [-0.05, 0) is 19.9 Å². The molecule has 1 aliphatic heterocycles. The summed E-state index contributed by atoms with van der Waals surface area (Å²) >= 11 is 0. The van der Waals surface area contributed by atoms with Crippen molar-refractivity contribution < 1.29 is 8.42 Å². The molecule has 0 amide bonds. The van der Waals surface area contributed by atoms with Gasteiger partial charge in [-0.3, -0.25) is 4.90 Å². The Morgan fingerprint density at radius 2 is 1.90 bits per heavy atom. The van der Waals surface area contributed by atoms with Gasteiger partial charge in [-0.15, -0.1) is 0 Å². The molecule has 124 valence electrons. The van der Waals surface area contributed by atoms with Crippen LogP contribution in [-0.4, -0.2) is 82.9 Å². The van der Waals surface area contributed by atoms with Gasteiger partial charge in [-0.1, -0.05) is 12.8 Å². The van der Waals surface area contributed by atoms with Crippen molar-refractivity contribution in [2.45, 2.75) is 31.7 Å². The lowest BCUT2D eigenvalue weighted by molar-refractivity contribution is 0.248. The number of sulfonamides is 1. The zero-order valence-corrected chi connectivity index (χ0v) is 14.0. The molecule has 6 nitrogen and oxygen atoms in total. The largest absolute Gasteiger partial charge is 0.314 e. The number of piperazine rings is 1. The third-order valence-electron chi connectivity index (χ3n) is 4.62. The minimum absolute atomic E-state index is 0.208. The molecule has 21 heavy (non-hydrogen) atoms. The molecule has 0 unspecified atom stereocenters. The van der Waals surface area contributed by atoms with Crippen molar-refractivity contribution in [3.63, 3.8) is 0 Å². The van der Waals surface area contributed by atoms with Crippen LogP contribution < -0.4 is 10.0 Å². The third kappa shape index (κ3) is 6.20. The molecule has 2 fully saturated rings. The quantitative estimate of drug-likeness (QED) is 0.642. The number of hydrogen-bond acceptors (Lipinski definition) is 5. The van der Waals surface area contributed by atoms with E-state index in [1.165, 1.54) is 25.7 Å². The summed E-state index contributed by atoms with van der Waals surface area (Å²) in [5.41, 5.74) is 0. The van der Waals surface area contributed by atoms with E-state index in [0.29, 0.717) is 19.1 Å². The summed E-state index contributed by atoms with van der Waals surface area (Å²) in [5.74, 6) is 0.208. The van der Waals surface area contributed by atoms with E-state index in [-0.39, 0.29) is 5.75 Å². The minimum Gasteiger partial charge on any atom is -0.314 e. The smallest absolute Gasteiger partial charge is 0.212 e. The average Bonchev–Trinajstić information content (AvgIpc) is 3.00. The summed E-state index contributed by atoms with van der Waals surface area (Å²) in [7, 11) is -1.04. The van der Waals surface area contributed by atoms with Gasteiger partial charge in [0.25, 0.3) is 0 Å². The molecule has 1 saturated carbocycles. The molecule has 0 bridgehead atoms. The summed E-state index contributed by atoms with van der Waals surface area (Å²) < 4.78 is 26.7. The van der Waals surface area contributed by atoms with Crippen LogP contribution in [0.4, 0.5) is 0 Å². The zero-order chi connectivity index (χ0) is 15.1. The van der Waals surface area contributed by atoms with Gasteiger partial charge in [0.05, 0.1) is 5.75 Å². The third-order valence-corrected chi connectivity index (χ3v) is 5.98. The van der Waals surface area contributed by atoms with E-state index in [4.69, 9.17) is 0 Å². The van der Waals surface area contributed by atoms with Gasteiger partial charge in [0.15, 0.2) is 0 Å². The molecule has 0 spiro atoms. The van der Waals surface area contributed by atoms with E-state index in [9.17, 15) is 8.42 Å². The van der Waals surface area contributed by atoms with Gasteiger partial charge in [0.2, 0.25) is 10.0 Å². The van der Waals surface area contributed by atoms with Gasteiger partial charge in [-0.25, -0.2) is 13.1 Å². The van der Waals surface area contributed by atoms with Crippen LogP contribution in [0.25, 0.3) is 0 Å². The van der Waals surface area contributed by atoms with E-state index in [1.54, 1.807) is 0 Å². The number of likely N-dealkylation sites (N-methyl/N-ethyl adjacent to an activating group) is 1. The Kier molecular flexibility index (Phi) is 6.88. The average molecular weight is 318 g/mol. The van der Waals surface area contributed by atoms with Crippen molar-refractivity contribution in [3.05, 3.63) is 0 Å². The Labute approximate surface area is 129 Å². The second kappa shape index (κ2) is 8.43. The summed E-state index contributed by atoms with van der Waals surface area (Å²) in [4.78, 5) is 4.51. The first-order chi connectivity index (χ1) is 10.1. The minimum atomic E-state index is -3.14. The van der Waals surface area contributed by atoms with Gasteiger partial charge in [0.1, 0.15) is 0 Å². The maximum atomic E-state index is 12.0. The number of hydrogen-bond donors (Lipinski definition) is 2. The molecule has 0 radical (unpaired) electrons. The Morgan fingerprint density at radius 3 is 2.57 bits per heavy atom. The lowest BCUT2D eigenvalue weighted by Crippen LogP contribution is -2.46. The second-order valence-electron chi connectivity index (χ2n) is 6.22. The Balaban J connectivity index is 1.61. The van der Waals surface area contributed by atoms with Crippen LogP contribution in [0.5, 0.6) is 0 Å². The predicted molar refractivity (Wildman–Crippen MR) is 86.0 cm³/mol. The first kappa shape index (κ1) is 17.1. The van der Waals surface area contributed by atoms with Crippen molar-refractivity contribution >= 4 is 10.0 Å². The summed E-state index contributed by atoms with van der Waals surface area (Å²) in [6, 6.07) is 0.648. The molecule has 0 aromatic carbocycles. The SMILES string of the molecule is CN(CCNS(=O)(=O)CCN1CCNCC1)C1CCCC1. The standard InChI is InChI=1S/C14H30N4O2S/c1-17(14-4-2-3-5-14)9-8-16-21(19,20)13-12-18-10-6-15-7-11-18/h14-16H,2-13H2,1H3. The van der Waals surface area contributed by atoms with Gasteiger partial charge in [0, 0.05) is 51.9 Å². The molecule has 1 saturated heterocycles. The number of nitrogens with zero attached hydrogens (tertiary/aromatic N) is 2. The maximum absolute atomic E-state index is 12.0. The fourth-order valence-corrected chi connectivity index (χ4v) is 4.21. The highest BCUT2D eigenvalue weighted by Crippen LogP contribution is 2.21.